The fraction of sp³-hybridized carbons (Fsp3) is 0.824. The summed E-state index contributed by atoms with van der Waals surface area (Å²) in [6, 6.07) is 2.15. The number of aromatic nitrogens is 2. The molecule has 0 bridgehead atoms. The van der Waals surface area contributed by atoms with Gasteiger partial charge in [0, 0.05) is 24.9 Å². The summed E-state index contributed by atoms with van der Waals surface area (Å²) in [7, 11) is 6.26. The van der Waals surface area contributed by atoms with Crippen LogP contribution in [0.25, 0.3) is 0 Å². The molecule has 1 N–H and O–H groups in total. The van der Waals surface area contributed by atoms with E-state index in [1.807, 2.05) is 25.0 Å². The lowest BCUT2D eigenvalue weighted by molar-refractivity contribution is 0.251. The number of likely N-dealkylation sites (tertiary alicyclic amines) is 1. The second kappa shape index (κ2) is 8.54. The van der Waals surface area contributed by atoms with Crippen molar-refractivity contribution in [2.75, 3.05) is 33.7 Å². The van der Waals surface area contributed by atoms with E-state index in [1.54, 1.807) is 0 Å². The Hall–Kier alpha value is -0.870. The minimum absolute atomic E-state index is 0.726. The zero-order chi connectivity index (χ0) is 15.1. The Kier molecular flexibility index (Phi) is 6.71. The van der Waals surface area contributed by atoms with Gasteiger partial charge in [0.2, 0.25) is 0 Å². The van der Waals surface area contributed by atoms with Gasteiger partial charge in [0.25, 0.3) is 0 Å². The van der Waals surface area contributed by atoms with Crippen molar-refractivity contribution in [3.05, 3.63) is 18.0 Å². The quantitative estimate of drug-likeness (QED) is 0.926. The summed E-state index contributed by atoms with van der Waals surface area (Å²) in [5, 5.41) is 7.38. The van der Waals surface area contributed by atoms with Gasteiger partial charge in [0.15, 0.2) is 0 Å². The van der Waals surface area contributed by atoms with Crippen LogP contribution in [0.4, 0.5) is 0 Å². The molecule has 21 heavy (non-hydrogen) atoms. The number of rotatable bonds is 4. The number of nitrogens with one attached hydrogen (secondary N) is 1. The SMILES string of the molecule is CN1CCC(c2ccnn2C)CC1.CNCCC1CCC1. The fourth-order valence-corrected chi connectivity index (χ4v) is 3.22. The number of hydrogen-bond donors (Lipinski definition) is 1. The average Bonchev–Trinajstić information content (AvgIpc) is 2.85. The first-order chi connectivity index (χ1) is 10.2. The van der Waals surface area contributed by atoms with Gasteiger partial charge in [-0.2, -0.15) is 5.10 Å². The first kappa shape index (κ1) is 16.5. The molecule has 2 fully saturated rings. The highest BCUT2D eigenvalue weighted by atomic mass is 15.3. The normalized spacial score (nSPS) is 20.7. The molecule has 0 atom stereocenters. The fourth-order valence-electron chi connectivity index (χ4n) is 3.22. The third-order valence-corrected chi connectivity index (χ3v) is 5.02. The zero-order valence-corrected chi connectivity index (χ0v) is 14.0. The van der Waals surface area contributed by atoms with Crippen molar-refractivity contribution in [1.29, 1.82) is 0 Å². The van der Waals surface area contributed by atoms with Crippen LogP contribution in [-0.4, -0.2) is 48.4 Å². The van der Waals surface area contributed by atoms with Crippen molar-refractivity contribution < 1.29 is 0 Å². The zero-order valence-electron chi connectivity index (χ0n) is 14.0. The number of hydrogen-bond acceptors (Lipinski definition) is 3. The Morgan fingerprint density at radius 3 is 2.38 bits per heavy atom. The lowest BCUT2D eigenvalue weighted by atomic mass is 9.83. The second-order valence-electron chi connectivity index (χ2n) is 6.65. The molecule has 0 unspecified atom stereocenters. The maximum atomic E-state index is 4.21. The molecule has 4 nitrogen and oxygen atoms in total. The van der Waals surface area contributed by atoms with Crippen molar-refractivity contribution >= 4 is 0 Å². The summed E-state index contributed by atoms with van der Waals surface area (Å²) in [5.41, 5.74) is 1.40. The standard InChI is InChI=1S/C10H17N3.C7H15N/c1-12-7-4-9(5-8-12)10-3-6-11-13(10)2;1-8-6-5-7-3-2-4-7/h3,6,9H,4-5,7-8H2,1-2H3;7-8H,2-6H2,1H3. The Balaban J connectivity index is 0.000000173. The number of piperidine rings is 1. The topological polar surface area (TPSA) is 33.1 Å². The summed E-state index contributed by atoms with van der Waals surface area (Å²) < 4.78 is 2.01. The van der Waals surface area contributed by atoms with E-state index in [-0.39, 0.29) is 0 Å². The van der Waals surface area contributed by atoms with E-state index in [4.69, 9.17) is 0 Å². The molecule has 2 heterocycles. The number of nitrogens with zero attached hydrogens (tertiary/aromatic N) is 3. The van der Waals surface area contributed by atoms with E-state index < -0.39 is 0 Å². The molecular weight excluding hydrogens is 260 g/mol. The van der Waals surface area contributed by atoms with Gasteiger partial charge in [-0.1, -0.05) is 19.3 Å². The molecule has 3 rings (SSSR count). The molecule has 1 saturated heterocycles. The smallest absolute Gasteiger partial charge is 0.0492 e. The Labute approximate surface area is 129 Å². The van der Waals surface area contributed by atoms with Crippen LogP contribution in [0.15, 0.2) is 12.3 Å². The van der Waals surface area contributed by atoms with Gasteiger partial charge in [-0.3, -0.25) is 4.68 Å². The second-order valence-corrected chi connectivity index (χ2v) is 6.65. The molecular formula is C17H32N4. The lowest BCUT2D eigenvalue weighted by Crippen LogP contribution is -2.29. The highest BCUT2D eigenvalue weighted by Crippen LogP contribution is 2.28. The predicted molar refractivity (Wildman–Crippen MR) is 88.6 cm³/mol. The van der Waals surface area contributed by atoms with Gasteiger partial charge >= 0.3 is 0 Å². The van der Waals surface area contributed by atoms with Crippen molar-refractivity contribution in [2.45, 2.75) is 44.4 Å². The molecule has 0 spiro atoms. The molecule has 1 aliphatic carbocycles. The van der Waals surface area contributed by atoms with Gasteiger partial charge < -0.3 is 10.2 Å². The maximum Gasteiger partial charge on any atom is 0.0492 e. The van der Waals surface area contributed by atoms with Crippen LogP contribution < -0.4 is 5.32 Å². The molecule has 1 aromatic heterocycles. The minimum atomic E-state index is 0.726. The van der Waals surface area contributed by atoms with E-state index in [0.717, 1.165) is 11.8 Å². The number of aryl methyl sites for hydroxylation is 1. The van der Waals surface area contributed by atoms with E-state index in [0.29, 0.717) is 0 Å². The van der Waals surface area contributed by atoms with Gasteiger partial charge in [-0.25, -0.2) is 0 Å². The average molecular weight is 292 g/mol. The highest BCUT2D eigenvalue weighted by molar-refractivity contribution is 5.08. The monoisotopic (exact) mass is 292 g/mol. The first-order valence-electron chi connectivity index (χ1n) is 8.51. The molecule has 1 saturated carbocycles. The molecule has 2 aliphatic rings. The Morgan fingerprint density at radius 1 is 1.19 bits per heavy atom. The predicted octanol–water partition coefficient (Wildman–Crippen LogP) is 2.63. The van der Waals surface area contributed by atoms with Crippen LogP contribution >= 0.6 is 0 Å². The highest BCUT2D eigenvalue weighted by Gasteiger charge is 2.20. The minimum Gasteiger partial charge on any atom is -0.320 e. The van der Waals surface area contributed by atoms with Crippen molar-refractivity contribution in [1.82, 2.24) is 20.0 Å². The van der Waals surface area contributed by atoms with Gasteiger partial charge in [-0.15, -0.1) is 0 Å². The van der Waals surface area contributed by atoms with E-state index in [2.05, 4.69) is 28.4 Å². The summed E-state index contributed by atoms with van der Waals surface area (Å²) in [6.45, 7) is 3.65. The van der Waals surface area contributed by atoms with Gasteiger partial charge in [0.05, 0.1) is 0 Å². The molecule has 1 aromatic rings. The lowest BCUT2D eigenvalue weighted by Gasteiger charge is -2.28. The van der Waals surface area contributed by atoms with Crippen LogP contribution in [0.1, 0.15) is 50.1 Å². The van der Waals surface area contributed by atoms with E-state index in [1.165, 1.54) is 63.9 Å². The molecule has 4 heteroatoms. The Bertz CT molecular complexity index is 389. The van der Waals surface area contributed by atoms with Crippen LogP contribution in [0.5, 0.6) is 0 Å². The first-order valence-corrected chi connectivity index (χ1v) is 8.51. The van der Waals surface area contributed by atoms with E-state index >= 15 is 0 Å². The van der Waals surface area contributed by atoms with Crippen LogP contribution in [0.2, 0.25) is 0 Å². The summed E-state index contributed by atoms with van der Waals surface area (Å²) >= 11 is 0. The molecule has 120 valence electrons. The van der Waals surface area contributed by atoms with Gasteiger partial charge in [0.1, 0.15) is 0 Å². The van der Waals surface area contributed by atoms with Crippen molar-refractivity contribution in [3.8, 4) is 0 Å². The summed E-state index contributed by atoms with van der Waals surface area (Å²) in [4.78, 5) is 2.40. The third kappa shape index (κ3) is 5.11. The molecule has 1 aliphatic heterocycles. The van der Waals surface area contributed by atoms with Crippen LogP contribution in [-0.2, 0) is 7.05 Å². The molecule has 0 amide bonds. The molecule has 0 aromatic carbocycles. The maximum absolute atomic E-state index is 4.21. The largest absolute Gasteiger partial charge is 0.320 e. The van der Waals surface area contributed by atoms with Gasteiger partial charge in [-0.05, 0) is 65.0 Å². The molecule has 0 radical (unpaired) electrons. The van der Waals surface area contributed by atoms with Crippen LogP contribution in [0.3, 0.4) is 0 Å². The Morgan fingerprint density at radius 2 is 1.90 bits per heavy atom. The van der Waals surface area contributed by atoms with Crippen molar-refractivity contribution in [2.24, 2.45) is 13.0 Å². The summed E-state index contributed by atoms with van der Waals surface area (Å²) in [5.74, 6) is 1.80. The van der Waals surface area contributed by atoms with Crippen LogP contribution in [0, 0.1) is 5.92 Å². The third-order valence-electron chi connectivity index (χ3n) is 5.02. The summed E-state index contributed by atoms with van der Waals surface area (Å²) in [6.07, 6.45) is 10.3. The van der Waals surface area contributed by atoms with E-state index in [9.17, 15) is 0 Å². The van der Waals surface area contributed by atoms with Crippen molar-refractivity contribution in [3.63, 3.8) is 0 Å².